The van der Waals surface area contributed by atoms with Crippen LogP contribution in [0.2, 0.25) is 0 Å². The monoisotopic (exact) mass is 363 g/mol. The second kappa shape index (κ2) is 6.52. The van der Waals surface area contributed by atoms with Crippen LogP contribution in [0.15, 0.2) is 36.4 Å². The van der Waals surface area contributed by atoms with Crippen molar-refractivity contribution in [2.75, 3.05) is 6.54 Å². The molecule has 0 amide bonds. The number of benzene rings is 1. The van der Waals surface area contributed by atoms with Crippen LogP contribution in [0.4, 0.5) is 0 Å². The molecule has 2 saturated heterocycles. The maximum absolute atomic E-state index is 9.07. The molecule has 4 rings (SSSR count). The van der Waals surface area contributed by atoms with E-state index in [9.17, 15) is 0 Å². The molecule has 0 radical (unpaired) electrons. The standard InChI is InChI=1S/C21H26BN3O2/c1-20(2)21(3,4)27-22(26-20)16-7-5-15(6-8-16)17-9-10-18(25-17)19-11-14(12-23)13-24-19/h5-10,14,19,24-25H,11,13H2,1-4H3. The summed E-state index contributed by atoms with van der Waals surface area (Å²) < 4.78 is 12.2. The molecule has 0 saturated carbocycles. The summed E-state index contributed by atoms with van der Waals surface area (Å²) >= 11 is 0. The van der Waals surface area contributed by atoms with Crippen molar-refractivity contribution in [1.29, 1.82) is 5.26 Å². The molecule has 0 bridgehead atoms. The van der Waals surface area contributed by atoms with Gasteiger partial charge in [-0.05, 0) is 57.3 Å². The summed E-state index contributed by atoms with van der Waals surface area (Å²) in [4.78, 5) is 3.50. The SMILES string of the molecule is CC1(C)OB(c2ccc(-c3ccc(C4CC(C#N)CN4)[nH]3)cc2)OC1(C)C. The van der Waals surface area contributed by atoms with Gasteiger partial charge in [-0.1, -0.05) is 24.3 Å². The fourth-order valence-corrected chi connectivity index (χ4v) is 3.65. The fraction of sp³-hybridized carbons (Fsp3) is 0.476. The minimum Gasteiger partial charge on any atom is -0.399 e. The number of nitriles is 1. The van der Waals surface area contributed by atoms with Crippen LogP contribution in [0.1, 0.15) is 45.9 Å². The molecule has 6 heteroatoms. The Morgan fingerprint density at radius 3 is 2.30 bits per heavy atom. The number of hydrogen-bond donors (Lipinski definition) is 2. The minimum absolute atomic E-state index is 0.0981. The molecule has 5 nitrogen and oxygen atoms in total. The zero-order chi connectivity index (χ0) is 19.2. The van der Waals surface area contributed by atoms with E-state index < -0.39 is 0 Å². The van der Waals surface area contributed by atoms with Crippen LogP contribution in [-0.4, -0.2) is 29.8 Å². The lowest BCUT2D eigenvalue weighted by Gasteiger charge is -2.32. The topological polar surface area (TPSA) is 70.1 Å². The van der Waals surface area contributed by atoms with E-state index in [1.807, 2.05) is 0 Å². The molecule has 0 aliphatic carbocycles. The van der Waals surface area contributed by atoms with Crippen molar-refractivity contribution < 1.29 is 9.31 Å². The average Bonchev–Trinajstić information content (AvgIpc) is 3.33. The Morgan fingerprint density at radius 1 is 1.04 bits per heavy atom. The Morgan fingerprint density at radius 2 is 1.70 bits per heavy atom. The van der Waals surface area contributed by atoms with E-state index >= 15 is 0 Å². The normalized spacial score (nSPS) is 26.3. The Balaban J connectivity index is 1.48. The predicted molar refractivity (Wildman–Crippen MR) is 106 cm³/mol. The molecule has 1 aromatic heterocycles. The second-order valence-corrected chi connectivity index (χ2v) is 8.56. The number of aromatic nitrogens is 1. The van der Waals surface area contributed by atoms with E-state index in [1.54, 1.807) is 0 Å². The Bertz CT molecular complexity index is 850. The average molecular weight is 363 g/mol. The third kappa shape index (κ3) is 3.32. The van der Waals surface area contributed by atoms with Crippen LogP contribution in [-0.2, 0) is 9.31 Å². The summed E-state index contributed by atoms with van der Waals surface area (Å²) in [6.45, 7) is 9.02. The number of rotatable bonds is 3. The highest BCUT2D eigenvalue weighted by Gasteiger charge is 2.51. The number of H-pyrrole nitrogens is 1. The second-order valence-electron chi connectivity index (χ2n) is 8.56. The van der Waals surface area contributed by atoms with Crippen LogP contribution in [0, 0.1) is 17.2 Å². The van der Waals surface area contributed by atoms with E-state index in [0.717, 1.165) is 35.4 Å². The summed E-state index contributed by atoms with van der Waals surface area (Å²) in [7, 11) is -0.339. The summed E-state index contributed by atoms with van der Waals surface area (Å²) in [6, 6.07) is 15.1. The lowest BCUT2D eigenvalue weighted by molar-refractivity contribution is 0.00578. The first-order valence-corrected chi connectivity index (χ1v) is 9.57. The van der Waals surface area contributed by atoms with Gasteiger partial charge in [0.15, 0.2) is 0 Å². The van der Waals surface area contributed by atoms with Crippen molar-refractivity contribution in [1.82, 2.24) is 10.3 Å². The van der Waals surface area contributed by atoms with Gasteiger partial charge in [0.05, 0.1) is 23.2 Å². The van der Waals surface area contributed by atoms with Gasteiger partial charge in [-0.15, -0.1) is 0 Å². The molecule has 27 heavy (non-hydrogen) atoms. The summed E-state index contributed by atoms with van der Waals surface area (Å²) in [5.74, 6) is 0.0981. The molecule has 2 atom stereocenters. The first-order valence-electron chi connectivity index (χ1n) is 9.57. The maximum Gasteiger partial charge on any atom is 0.494 e. The smallest absolute Gasteiger partial charge is 0.399 e. The van der Waals surface area contributed by atoms with Crippen LogP contribution in [0.3, 0.4) is 0 Å². The molecule has 2 aliphatic rings. The molecule has 2 fully saturated rings. The number of nitrogens with one attached hydrogen (secondary N) is 2. The van der Waals surface area contributed by atoms with Crippen LogP contribution in [0.5, 0.6) is 0 Å². The largest absolute Gasteiger partial charge is 0.494 e. The third-order valence-electron chi connectivity index (χ3n) is 6.14. The van der Waals surface area contributed by atoms with Crippen LogP contribution in [0.25, 0.3) is 11.3 Å². The number of hydrogen-bond acceptors (Lipinski definition) is 4. The van der Waals surface area contributed by atoms with Gasteiger partial charge in [0.25, 0.3) is 0 Å². The zero-order valence-electron chi connectivity index (χ0n) is 16.4. The van der Waals surface area contributed by atoms with Crippen LogP contribution >= 0.6 is 0 Å². The first kappa shape index (κ1) is 18.3. The molecule has 2 unspecified atom stereocenters. The Kier molecular flexibility index (Phi) is 4.42. The highest BCUT2D eigenvalue weighted by atomic mass is 16.7. The van der Waals surface area contributed by atoms with Crippen molar-refractivity contribution >= 4 is 12.6 Å². The van der Waals surface area contributed by atoms with Crippen molar-refractivity contribution in [2.24, 2.45) is 5.92 Å². The van der Waals surface area contributed by atoms with Crippen molar-refractivity contribution in [3.8, 4) is 17.3 Å². The van der Waals surface area contributed by atoms with Crippen LogP contribution < -0.4 is 10.8 Å². The van der Waals surface area contributed by atoms with E-state index in [1.165, 1.54) is 0 Å². The molecule has 2 N–H and O–H groups in total. The van der Waals surface area contributed by atoms with E-state index in [-0.39, 0.29) is 30.3 Å². The lowest BCUT2D eigenvalue weighted by Crippen LogP contribution is -2.41. The maximum atomic E-state index is 9.07. The van der Waals surface area contributed by atoms with Gasteiger partial charge in [0.1, 0.15) is 0 Å². The van der Waals surface area contributed by atoms with E-state index in [0.29, 0.717) is 0 Å². The molecular formula is C21H26BN3O2. The van der Waals surface area contributed by atoms with Gasteiger partial charge < -0.3 is 19.6 Å². The fourth-order valence-electron chi connectivity index (χ4n) is 3.65. The van der Waals surface area contributed by atoms with Gasteiger partial charge in [0.2, 0.25) is 0 Å². The molecule has 2 aromatic rings. The predicted octanol–water partition coefficient (Wildman–Crippen LogP) is 3.16. The van der Waals surface area contributed by atoms with E-state index in [2.05, 4.69) is 80.5 Å². The van der Waals surface area contributed by atoms with Crippen molar-refractivity contribution in [2.45, 2.75) is 51.4 Å². The zero-order valence-corrected chi connectivity index (χ0v) is 16.4. The molecule has 0 spiro atoms. The first-order chi connectivity index (χ1) is 12.8. The quantitative estimate of drug-likeness (QED) is 0.822. The van der Waals surface area contributed by atoms with Gasteiger partial charge in [0, 0.05) is 24.0 Å². The highest BCUT2D eigenvalue weighted by Crippen LogP contribution is 2.36. The molecule has 2 aliphatic heterocycles. The Labute approximate surface area is 161 Å². The summed E-state index contributed by atoms with van der Waals surface area (Å²) in [6.07, 6.45) is 0.858. The minimum atomic E-state index is -0.339. The van der Waals surface area contributed by atoms with Crippen molar-refractivity contribution in [3.63, 3.8) is 0 Å². The summed E-state index contributed by atoms with van der Waals surface area (Å²) in [5.41, 5.74) is 3.70. The van der Waals surface area contributed by atoms with E-state index in [4.69, 9.17) is 14.6 Å². The molecule has 3 heterocycles. The van der Waals surface area contributed by atoms with Crippen molar-refractivity contribution in [3.05, 3.63) is 42.1 Å². The van der Waals surface area contributed by atoms with Gasteiger partial charge in [-0.3, -0.25) is 0 Å². The number of aromatic amines is 1. The summed E-state index contributed by atoms with van der Waals surface area (Å²) in [5, 5.41) is 12.5. The molecule has 1 aromatic carbocycles. The number of nitrogens with zero attached hydrogens (tertiary/aromatic N) is 1. The van der Waals surface area contributed by atoms with Gasteiger partial charge in [-0.25, -0.2) is 0 Å². The highest BCUT2D eigenvalue weighted by molar-refractivity contribution is 6.62. The van der Waals surface area contributed by atoms with Gasteiger partial charge >= 0.3 is 7.12 Å². The Hall–Kier alpha value is -2.07. The van der Waals surface area contributed by atoms with Gasteiger partial charge in [-0.2, -0.15) is 5.26 Å². The molecule has 140 valence electrons. The third-order valence-corrected chi connectivity index (χ3v) is 6.14. The lowest BCUT2D eigenvalue weighted by atomic mass is 9.79. The molecular weight excluding hydrogens is 337 g/mol.